The zero-order valence-corrected chi connectivity index (χ0v) is 14.2. The average molecular weight is 312 g/mol. The first-order chi connectivity index (χ1) is 10.2. The number of ether oxygens (including phenoxy) is 1. The fourth-order valence-corrected chi connectivity index (χ4v) is 1.95. The van der Waals surface area contributed by atoms with Crippen molar-refractivity contribution < 1.29 is 23.9 Å². The van der Waals surface area contributed by atoms with Gasteiger partial charge in [0.2, 0.25) is 0 Å². The molecule has 0 rings (SSSR count). The van der Waals surface area contributed by atoms with E-state index in [1.807, 2.05) is 39.4 Å². The molecule has 0 heterocycles. The Hall–Kier alpha value is -1.62. The van der Waals surface area contributed by atoms with Gasteiger partial charge in [-0.3, -0.25) is 9.59 Å². The lowest BCUT2D eigenvalue weighted by atomic mass is 10.2. The minimum atomic E-state index is -0.947. The van der Waals surface area contributed by atoms with E-state index in [4.69, 9.17) is 9.84 Å². The molecule has 0 aliphatic rings. The number of carbonyl (C=O) groups is 2. The lowest BCUT2D eigenvalue weighted by molar-refractivity contribution is -0.873. The van der Waals surface area contributed by atoms with Crippen LogP contribution in [0, 0.1) is 0 Å². The molecule has 0 aromatic carbocycles. The number of unbranched alkanes of at least 4 members (excludes halogenated alkanes) is 1. The summed E-state index contributed by atoms with van der Waals surface area (Å²) >= 11 is 0. The highest BCUT2D eigenvalue weighted by Gasteiger charge is 2.24. The normalized spacial score (nSPS) is 13.6. The first-order valence-electron chi connectivity index (χ1n) is 7.78. The van der Waals surface area contributed by atoms with Crippen LogP contribution in [-0.4, -0.2) is 55.3 Å². The minimum Gasteiger partial charge on any atom is -0.481 e. The van der Waals surface area contributed by atoms with Crippen LogP contribution in [-0.2, 0) is 14.3 Å². The van der Waals surface area contributed by atoms with Gasteiger partial charge < -0.3 is 14.3 Å². The Balaban J connectivity index is 4.14. The summed E-state index contributed by atoms with van der Waals surface area (Å²) < 4.78 is 5.86. The summed E-state index contributed by atoms with van der Waals surface area (Å²) in [5.74, 6) is -1.27. The van der Waals surface area contributed by atoms with Crippen molar-refractivity contribution in [2.75, 3.05) is 27.7 Å². The molecule has 1 atom stereocenters. The Morgan fingerprint density at radius 2 is 1.82 bits per heavy atom. The number of carboxylic acid groups (broad SMARTS) is 1. The van der Waals surface area contributed by atoms with Gasteiger partial charge in [0.1, 0.15) is 6.54 Å². The van der Waals surface area contributed by atoms with Gasteiger partial charge in [-0.1, -0.05) is 31.2 Å². The molecule has 1 unspecified atom stereocenters. The highest BCUT2D eigenvalue weighted by molar-refractivity contribution is 5.71. The number of carbonyl (C=O) groups excluding carboxylic acids is 1. The Morgan fingerprint density at radius 1 is 1.18 bits per heavy atom. The van der Waals surface area contributed by atoms with Crippen molar-refractivity contribution in [3.8, 4) is 0 Å². The van der Waals surface area contributed by atoms with E-state index in [1.54, 1.807) is 0 Å². The first kappa shape index (κ1) is 20.4. The third kappa shape index (κ3) is 13.4. The molecule has 0 aliphatic carbocycles. The molecule has 0 saturated carbocycles. The van der Waals surface area contributed by atoms with E-state index in [-0.39, 0.29) is 12.4 Å². The maximum atomic E-state index is 11.8. The quantitative estimate of drug-likeness (QED) is 0.276. The number of hydrogen-bond donors (Lipinski definition) is 1. The number of carboxylic acids is 1. The second kappa shape index (κ2) is 11.0. The second-order valence-electron chi connectivity index (χ2n) is 6.34. The van der Waals surface area contributed by atoms with Crippen LogP contribution in [0.5, 0.6) is 0 Å². The average Bonchev–Trinajstić information content (AvgIpc) is 2.34. The van der Waals surface area contributed by atoms with Crippen LogP contribution in [0.1, 0.15) is 39.0 Å². The Kier molecular flexibility index (Phi) is 10.2. The summed E-state index contributed by atoms with van der Waals surface area (Å²) in [5, 5.41) is 8.90. The van der Waals surface area contributed by atoms with E-state index < -0.39 is 12.1 Å². The SMILES string of the molecule is CC/C=C/C=C/CCCC(=O)OC(CC(=O)O)C[N+](C)(C)C. The number of aliphatic carboxylic acids is 1. The molecule has 0 aliphatic heterocycles. The highest BCUT2D eigenvalue weighted by atomic mass is 16.5. The molecule has 5 heteroatoms. The van der Waals surface area contributed by atoms with Crippen molar-refractivity contribution in [1.29, 1.82) is 0 Å². The van der Waals surface area contributed by atoms with Crippen LogP contribution in [0.4, 0.5) is 0 Å². The van der Waals surface area contributed by atoms with E-state index in [0.717, 1.165) is 12.8 Å². The van der Waals surface area contributed by atoms with Gasteiger partial charge in [-0.15, -0.1) is 0 Å². The van der Waals surface area contributed by atoms with Crippen LogP contribution in [0.25, 0.3) is 0 Å². The summed E-state index contributed by atoms with van der Waals surface area (Å²) in [5.41, 5.74) is 0. The van der Waals surface area contributed by atoms with Gasteiger partial charge in [0.05, 0.1) is 27.6 Å². The molecule has 1 N–H and O–H groups in total. The third-order valence-electron chi connectivity index (χ3n) is 2.82. The number of esters is 1. The van der Waals surface area contributed by atoms with Crippen molar-refractivity contribution in [3.05, 3.63) is 24.3 Å². The monoisotopic (exact) mass is 312 g/mol. The molecule has 126 valence electrons. The van der Waals surface area contributed by atoms with Crippen molar-refractivity contribution >= 4 is 11.9 Å². The summed E-state index contributed by atoms with van der Waals surface area (Å²) in [6.07, 6.45) is 10.1. The summed E-state index contributed by atoms with van der Waals surface area (Å²) in [4.78, 5) is 22.6. The highest BCUT2D eigenvalue weighted by Crippen LogP contribution is 2.08. The number of likely N-dealkylation sites (N-methyl/N-ethyl adjacent to an activating group) is 1. The number of rotatable bonds is 11. The Bertz CT molecular complexity index is 394. The predicted octanol–water partition coefficient (Wildman–Crippen LogP) is 2.77. The van der Waals surface area contributed by atoms with Crippen molar-refractivity contribution in [3.63, 3.8) is 0 Å². The number of allylic oxidation sites excluding steroid dienone is 4. The van der Waals surface area contributed by atoms with E-state index in [1.165, 1.54) is 0 Å². The predicted molar refractivity (Wildman–Crippen MR) is 87.5 cm³/mol. The summed E-state index contributed by atoms with van der Waals surface area (Å²) in [7, 11) is 5.83. The maximum Gasteiger partial charge on any atom is 0.307 e. The van der Waals surface area contributed by atoms with Gasteiger partial charge in [-0.05, 0) is 19.3 Å². The van der Waals surface area contributed by atoms with Crippen LogP contribution in [0.3, 0.4) is 0 Å². The zero-order chi connectivity index (χ0) is 17.0. The zero-order valence-electron chi connectivity index (χ0n) is 14.2. The van der Waals surface area contributed by atoms with E-state index in [9.17, 15) is 9.59 Å². The van der Waals surface area contributed by atoms with Crippen LogP contribution >= 0.6 is 0 Å². The molecule has 0 aromatic rings. The van der Waals surface area contributed by atoms with Crippen molar-refractivity contribution in [1.82, 2.24) is 0 Å². The fraction of sp³-hybridized carbons (Fsp3) is 0.647. The molecule has 0 aromatic heterocycles. The molecule has 0 bridgehead atoms. The molecule has 0 fully saturated rings. The second-order valence-corrected chi connectivity index (χ2v) is 6.34. The molecule has 5 nitrogen and oxygen atoms in total. The van der Waals surface area contributed by atoms with Gasteiger partial charge in [0.25, 0.3) is 0 Å². The van der Waals surface area contributed by atoms with E-state index in [2.05, 4.69) is 13.0 Å². The fourth-order valence-electron chi connectivity index (χ4n) is 1.95. The van der Waals surface area contributed by atoms with Crippen molar-refractivity contribution in [2.24, 2.45) is 0 Å². The molecule has 22 heavy (non-hydrogen) atoms. The van der Waals surface area contributed by atoms with Crippen LogP contribution < -0.4 is 0 Å². The first-order valence-corrected chi connectivity index (χ1v) is 7.78. The lowest BCUT2D eigenvalue weighted by Crippen LogP contribution is -2.43. The maximum absolute atomic E-state index is 11.8. The standard InChI is InChI=1S/C17H29NO4/c1-5-6-7-8-9-10-11-12-17(21)22-15(13-16(19)20)14-18(2,3)4/h6-9,15H,5,10-14H2,1-4H3/p+1/b7-6+,9-8+. The smallest absolute Gasteiger partial charge is 0.307 e. The lowest BCUT2D eigenvalue weighted by Gasteiger charge is -2.28. The number of hydrogen-bond acceptors (Lipinski definition) is 3. The summed E-state index contributed by atoms with van der Waals surface area (Å²) in [6, 6.07) is 0. The molecular weight excluding hydrogens is 282 g/mol. The van der Waals surface area contributed by atoms with E-state index in [0.29, 0.717) is 23.9 Å². The molecule has 0 saturated heterocycles. The van der Waals surface area contributed by atoms with Crippen LogP contribution in [0.15, 0.2) is 24.3 Å². The molecular formula is C17H30NO4+. The Labute approximate surface area is 133 Å². The van der Waals surface area contributed by atoms with Gasteiger partial charge in [0.15, 0.2) is 6.10 Å². The summed E-state index contributed by atoms with van der Waals surface area (Å²) in [6.45, 7) is 2.56. The minimum absolute atomic E-state index is 0.150. The van der Waals surface area contributed by atoms with Gasteiger partial charge in [-0.2, -0.15) is 0 Å². The third-order valence-corrected chi connectivity index (χ3v) is 2.82. The molecule has 0 amide bonds. The van der Waals surface area contributed by atoms with Gasteiger partial charge in [0, 0.05) is 6.42 Å². The number of nitrogens with zero attached hydrogens (tertiary/aromatic N) is 1. The van der Waals surface area contributed by atoms with Crippen molar-refractivity contribution in [2.45, 2.75) is 45.1 Å². The topological polar surface area (TPSA) is 63.6 Å². The Morgan fingerprint density at radius 3 is 2.36 bits per heavy atom. The van der Waals surface area contributed by atoms with Gasteiger partial charge >= 0.3 is 11.9 Å². The van der Waals surface area contributed by atoms with Gasteiger partial charge in [-0.25, -0.2) is 0 Å². The largest absolute Gasteiger partial charge is 0.481 e. The molecule has 0 radical (unpaired) electrons. The van der Waals surface area contributed by atoms with E-state index >= 15 is 0 Å². The molecule has 0 spiro atoms. The van der Waals surface area contributed by atoms with Crippen LogP contribution in [0.2, 0.25) is 0 Å². The number of quaternary nitrogens is 1.